The van der Waals surface area contributed by atoms with Gasteiger partial charge in [0.15, 0.2) is 11.6 Å². The van der Waals surface area contributed by atoms with E-state index in [2.05, 4.69) is 0 Å². The molecule has 0 fully saturated rings. The smallest absolute Gasteiger partial charge is 0.163 e. The normalized spacial score (nSPS) is 10.7. The highest BCUT2D eigenvalue weighted by Crippen LogP contribution is 2.23. The van der Waals surface area contributed by atoms with E-state index in [1.807, 2.05) is 0 Å². The molecule has 0 aliphatic carbocycles. The van der Waals surface area contributed by atoms with E-state index in [9.17, 15) is 30.0 Å². The number of aromatic hydroxyl groups is 4. The predicted octanol–water partition coefficient (Wildman–Crippen LogP) is 4.70. The average Bonchev–Trinajstić information content (AvgIpc) is 2.61. The molecule has 6 nitrogen and oxygen atoms in total. The number of phenolic OH excluding ortho intramolecular Hbond substituents is 4. The van der Waals surface area contributed by atoms with Crippen molar-refractivity contribution in [3.63, 3.8) is 0 Å². The van der Waals surface area contributed by atoms with Gasteiger partial charge in [0, 0.05) is 36.1 Å². The number of carbonyl (C=O) groups is 2. The number of rotatable bonds is 11. The molecule has 0 spiro atoms. The maximum atomic E-state index is 12.0. The van der Waals surface area contributed by atoms with Crippen LogP contribution in [0.4, 0.5) is 0 Å². The molecule has 0 amide bonds. The molecule has 28 heavy (non-hydrogen) atoms. The maximum absolute atomic E-state index is 12.0. The van der Waals surface area contributed by atoms with Crippen molar-refractivity contribution in [2.24, 2.45) is 0 Å². The van der Waals surface area contributed by atoms with E-state index in [1.54, 1.807) is 0 Å². The van der Waals surface area contributed by atoms with E-state index in [0.717, 1.165) is 38.5 Å². The Labute approximate surface area is 164 Å². The van der Waals surface area contributed by atoms with Crippen molar-refractivity contribution in [3.05, 3.63) is 47.5 Å². The fourth-order valence-electron chi connectivity index (χ4n) is 3.08. The summed E-state index contributed by atoms with van der Waals surface area (Å²) in [4.78, 5) is 24.1. The van der Waals surface area contributed by atoms with Crippen molar-refractivity contribution in [2.75, 3.05) is 0 Å². The van der Waals surface area contributed by atoms with E-state index in [4.69, 9.17) is 0 Å². The zero-order valence-corrected chi connectivity index (χ0v) is 15.7. The van der Waals surface area contributed by atoms with Crippen molar-refractivity contribution in [1.29, 1.82) is 0 Å². The van der Waals surface area contributed by atoms with Crippen LogP contribution in [-0.2, 0) is 0 Å². The highest BCUT2D eigenvalue weighted by molar-refractivity contribution is 5.97. The van der Waals surface area contributed by atoms with Crippen molar-refractivity contribution in [1.82, 2.24) is 0 Å². The van der Waals surface area contributed by atoms with Crippen LogP contribution in [0.25, 0.3) is 0 Å². The number of hydrogen-bond donors (Lipinski definition) is 4. The Morgan fingerprint density at radius 1 is 0.500 bits per heavy atom. The topological polar surface area (TPSA) is 115 Å². The summed E-state index contributed by atoms with van der Waals surface area (Å²) in [7, 11) is 0. The van der Waals surface area contributed by atoms with E-state index in [-0.39, 0.29) is 34.6 Å². The molecule has 0 aliphatic rings. The largest absolute Gasteiger partial charge is 0.508 e. The summed E-state index contributed by atoms with van der Waals surface area (Å²) in [6, 6.07) is 7.78. The molecule has 4 N–H and O–H groups in total. The monoisotopic (exact) mass is 386 g/mol. The quantitative estimate of drug-likeness (QED) is 0.329. The molecule has 150 valence electrons. The molecule has 0 aliphatic heterocycles. The van der Waals surface area contributed by atoms with Crippen molar-refractivity contribution < 1.29 is 30.0 Å². The molecule has 0 heterocycles. The van der Waals surface area contributed by atoms with Crippen molar-refractivity contribution in [2.45, 2.75) is 51.4 Å². The van der Waals surface area contributed by atoms with E-state index < -0.39 is 0 Å². The second-order valence-electron chi connectivity index (χ2n) is 6.94. The van der Waals surface area contributed by atoms with Gasteiger partial charge in [-0.25, -0.2) is 0 Å². The minimum Gasteiger partial charge on any atom is -0.508 e. The third kappa shape index (κ3) is 6.95. The Morgan fingerprint density at radius 2 is 0.786 bits per heavy atom. The Morgan fingerprint density at radius 3 is 1.11 bits per heavy atom. The molecule has 0 bridgehead atoms. The SMILES string of the molecule is O=C(CCCCCCCCC(=O)c1cc(O)cc(O)c1)c1cc(O)cc(O)c1. The van der Waals surface area contributed by atoms with Gasteiger partial charge >= 0.3 is 0 Å². The Balaban J connectivity index is 1.58. The van der Waals surface area contributed by atoms with Gasteiger partial charge in [-0.2, -0.15) is 0 Å². The van der Waals surface area contributed by atoms with E-state index >= 15 is 0 Å². The van der Waals surface area contributed by atoms with Gasteiger partial charge in [0.05, 0.1) is 0 Å². The van der Waals surface area contributed by atoms with Gasteiger partial charge in [-0.1, -0.05) is 25.7 Å². The fraction of sp³-hybridized carbons (Fsp3) is 0.364. The summed E-state index contributed by atoms with van der Waals surface area (Å²) < 4.78 is 0. The number of hydrogen-bond acceptors (Lipinski definition) is 6. The summed E-state index contributed by atoms with van der Waals surface area (Å²) in [6.07, 6.45) is 5.90. The second kappa shape index (κ2) is 10.3. The zero-order chi connectivity index (χ0) is 20.5. The Kier molecular flexibility index (Phi) is 7.87. The minimum atomic E-state index is -0.126. The standard InChI is InChI=1S/C22H26O6/c23-17-9-15(10-18(24)13-17)21(27)7-5-3-1-2-4-6-8-22(28)16-11-19(25)14-20(26)12-16/h9-14,23-26H,1-8H2. The predicted molar refractivity (Wildman–Crippen MR) is 105 cm³/mol. The highest BCUT2D eigenvalue weighted by atomic mass is 16.3. The van der Waals surface area contributed by atoms with Crippen LogP contribution in [0.3, 0.4) is 0 Å². The summed E-state index contributed by atoms with van der Waals surface area (Å²) >= 11 is 0. The second-order valence-corrected chi connectivity index (χ2v) is 6.94. The van der Waals surface area contributed by atoms with Gasteiger partial charge in [-0.3, -0.25) is 9.59 Å². The summed E-state index contributed by atoms with van der Waals surface area (Å²) in [6.45, 7) is 0. The van der Waals surface area contributed by atoms with Crippen LogP contribution in [-0.4, -0.2) is 32.0 Å². The lowest BCUT2D eigenvalue weighted by Crippen LogP contribution is -1.99. The first-order valence-corrected chi connectivity index (χ1v) is 9.47. The molecule has 0 saturated carbocycles. The first kappa shape index (κ1) is 21.3. The number of Topliss-reactive ketones (excluding diaryl/α,β-unsaturated/α-hetero) is 2. The highest BCUT2D eigenvalue weighted by Gasteiger charge is 2.10. The minimum absolute atomic E-state index is 0.105. The molecule has 0 atom stereocenters. The van der Waals surface area contributed by atoms with Gasteiger partial charge in [0.25, 0.3) is 0 Å². The van der Waals surface area contributed by atoms with Crippen molar-refractivity contribution in [3.8, 4) is 23.0 Å². The lowest BCUT2D eigenvalue weighted by molar-refractivity contribution is 0.0969. The molecular weight excluding hydrogens is 360 g/mol. The van der Waals surface area contributed by atoms with Crippen LogP contribution in [0, 0.1) is 0 Å². The van der Waals surface area contributed by atoms with Gasteiger partial charge in [0.2, 0.25) is 0 Å². The van der Waals surface area contributed by atoms with Crippen LogP contribution < -0.4 is 0 Å². The molecule has 0 aromatic heterocycles. The molecule has 0 radical (unpaired) electrons. The molecule has 2 aromatic carbocycles. The Hall–Kier alpha value is -3.02. The third-order valence-corrected chi connectivity index (χ3v) is 4.51. The molecular formula is C22H26O6. The number of unbranched alkanes of at least 4 members (excludes halogenated alkanes) is 5. The van der Waals surface area contributed by atoms with Gasteiger partial charge in [-0.15, -0.1) is 0 Å². The van der Waals surface area contributed by atoms with Crippen LogP contribution in [0.15, 0.2) is 36.4 Å². The number of phenols is 4. The van der Waals surface area contributed by atoms with Crippen LogP contribution in [0.2, 0.25) is 0 Å². The number of carbonyl (C=O) groups excluding carboxylic acids is 2. The van der Waals surface area contributed by atoms with E-state index in [0.29, 0.717) is 24.0 Å². The van der Waals surface area contributed by atoms with Gasteiger partial charge in [0.1, 0.15) is 23.0 Å². The molecule has 0 unspecified atom stereocenters. The average molecular weight is 386 g/mol. The third-order valence-electron chi connectivity index (χ3n) is 4.51. The number of benzene rings is 2. The van der Waals surface area contributed by atoms with Crippen LogP contribution in [0.5, 0.6) is 23.0 Å². The molecule has 6 heteroatoms. The first-order valence-electron chi connectivity index (χ1n) is 9.47. The maximum Gasteiger partial charge on any atom is 0.163 e. The van der Waals surface area contributed by atoms with Crippen molar-refractivity contribution >= 4 is 11.6 Å². The van der Waals surface area contributed by atoms with Gasteiger partial charge < -0.3 is 20.4 Å². The zero-order valence-electron chi connectivity index (χ0n) is 15.7. The summed E-state index contributed by atoms with van der Waals surface area (Å²) in [5.41, 5.74) is 0.628. The van der Waals surface area contributed by atoms with E-state index in [1.165, 1.54) is 36.4 Å². The number of ketones is 2. The fourth-order valence-corrected chi connectivity index (χ4v) is 3.08. The molecule has 2 aromatic rings. The van der Waals surface area contributed by atoms with Crippen LogP contribution in [0.1, 0.15) is 72.1 Å². The lowest BCUT2D eigenvalue weighted by atomic mass is 10.0. The first-order chi connectivity index (χ1) is 13.3. The van der Waals surface area contributed by atoms with Crippen LogP contribution >= 0.6 is 0 Å². The Bertz CT molecular complexity index is 718. The lowest BCUT2D eigenvalue weighted by Gasteiger charge is -2.05. The summed E-state index contributed by atoms with van der Waals surface area (Å²) in [5, 5.41) is 37.7. The summed E-state index contributed by atoms with van der Waals surface area (Å²) in [5.74, 6) is -0.715. The van der Waals surface area contributed by atoms with Gasteiger partial charge in [-0.05, 0) is 37.1 Å². The molecule has 2 rings (SSSR count). The molecule has 0 saturated heterocycles.